The van der Waals surface area contributed by atoms with E-state index in [1.165, 1.54) is 0 Å². The predicted octanol–water partition coefficient (Wildman–Crippen LogP) is 4.10. The highest BCUT2D eigenvalue weighted by Crippen LogP contribution is 2.40. The van der Waals surface area contributed by atoms with Gasteiger partial charge in [-0.1, -0.05) is 70.5 Å². The van der Waals surface area contributed by atoms with Crippen molar-refractivity contribution in [2.24, 2.45) is 0 Å². The van der Waals surface area contributed by atoms with Gasteiger partial charge in [-0.25, -0.2) is 0 Å². The molecule has 0 bridgehead atoms. The molecule has 23 heavy (non-hydrogen) atoms. The Hall–Kier alpha value is -1.91. The minimum Gasteiger partial charge on any atom is -0.361 e. The minimum absolute atomic E-state index is 0.0154. The van der Waals surface area contributed by atoms with Crippen molar-refractivity contribution in [2.45, 2.75) is 18.8 Å². The van der Waals surface area contributed by atoms with Crippen LogP contribution in [0.4, 0.5) is 0 Å². The lowest BCUT2D eigenvalue weighted by Gasteiger charge is -2.46. The van der Waals surface area contributed by atoms with E-state index in [1.807, 2.05) is 54.6 Å². The molecule has 0 N–H and O–H groups in total. The fourth-order valence-corrected chi connectivity index (χ4v) is 3.35. The fraction of sp³-hybridized carbons (Fsp3) is 0.211. The zero-order valence-corrected chi connectivity index (χ0v) is 14.3. The number of β-lactam (4-membered cyclic amide) rings is 1. The average Bonchev–Trinajstić information content (AvgIpc) is 2.58. The number of carbonyl (C=O) groups excluding carboxylic acids is 1. The van der Waals surface area contributed by atoms with E-state index in [0.717, 1.165) is 15.6 Å². The van der Waals surface area contributed by atoms with E-state index in [1.54, 1.807) is 11.0 Å². The van der Waals surface area contributed by atoms with E-state index in [9.17, 15) is 4.79 Å². The Morgan fingerprint density at radius 1 is 1.13 bits per heavy atom. The van der Waals surface area contributed by atoms with E-state index in [0.29, 0.717) is 13.2 Å². The smallest absolute Gasteiger partial charge is 0.255 e. The zero-order valence-electron chi connectivity index (χ0n) is 12.7. The molecule has 118 valence electrons. The van der Waals surface area contributed by atoms with E-state index in [4.69, 9.17) is 4.74 Å². The van der Waals surface area contributed by atoms with Crippen LogP contribution in [-0.2, 0) is 16.1 Å². The predicted molar refractivity (Wildman–Crippen MR) is 93.8 cm³/mol. The number of nitrogens with zero attached hydrogens (tertiary/aromatic N) is 1. The van der Waals surface area contributed by atoms with Gasteiger partial charge in [0.15, 0.2) is 6.10 Å². The van der Waals surface area contributed by atoms with E-state index in [-0.39, 0.29) is 11.9 Å². The largest absolute Gasteiger partial charge is 0.361 e. The van der Waals surface area contributed by atoms with Crippen LogP contribution in [0.15, 0.2) is 71.7 Å². The third kappa shape index (κ3) is 3.23. The van der Waals surface area contributed by atoms with Gasteiger partial charge in [0.2, 0.25) is 0 Å². The lowest BCUT2D eigenvalue weighted by molar-refractivity contribution is -0.175. The van der Waals surface area contributed by atoms with Gasteiger partial charge >= 0.3 is 0 Å². The molecular weight excluding hydrogens is 354 g/mol. The Kier molecular flexibility index (Phi) is 4.94. The second kappa shape index (κ2) is 7.11. The molecule has 1 fully saturated rings. The first-order chi connectivity index (χ1) is 11.2. The number of halogens is 1. The van der Waals surface area contributed by atoms with Crippen LogP contribution in [-0.4, -0.2) is 23.5 Å². The van der Waals surface area contributed by atoms with Gasteiger partial charge in [0.1, 0.15) is 0 Å². The van der Waals surface area contributed by atoms with Crippen molar-refractivity contribution >= 4 is 21.8 Å². The molecule has 1 saturated heterocycles. The maximum atomic E-state index is 12.4. The molecule has 3 nitrogen and oxygen atoms in total. The number of amides is 1. The number of hydrogen-bond donors (Lipinski definition) is 0. The summed E-state index contributed by atoms with van der Waals surface area (Å²) >= 11 is 3.57. The molecule has 4 heteroatoms. The summed E-state index contributed by atoms with van der Waals surface area (Å²) in [6.07, 6.45) is 1.30. The highest BCUT2D eigenvalue weighted by Gasteiger charge is 2.49. The van der Waals surface area contributed by atoms with Crippen molar-refractivity contribution in [3.8, 4) is 0 Å². The molecule has 1 amide bonds. The zero-order chi connectivity index (χ0) is 16.2. The monoisotopic (exact) mass is 371 g/mol. The first-order valence-electron chi connectivity index (χ1n) is 7.53. The van der Waals surface area contributed by atoms with Crippen molar-refractivity contribution in [2.75, 3.05) is 6.54 Å². The number of hydrogen-bond acceptors (Lipinski definition) is 2. The fourth-order valence-electron chi connectivity index (χ4n) is 2.83. The Balaban J connectivity index is 1.79. The summed E-state index contributed by atoms with van der Waals surface area (Å²) < 4.78 is 6.91. The molecule has 1 aliphatic rings. The summed E-state index contributed by atoms with van der Waals surface area (Å²) in [5.74, 6) is 0.0154. The van der Waals surface area contributed by atoms with E-state index >= 15 is 0 Å². The lowest BCUT2D eigenvalue weighted by atomic mass is 9.90. The molecule has 0 spiro atoms. The Labute approximate surface area is 144 Å². The number of benzene rings is 2. The van der Waals surface area contributed by atoms with Gasteiger partial charge in [-0.2, -0.15) is 0 Å². The molecule has 2 aromatic rings. The van der Waals surface area contributed by atoms with Crippen LogP contribution >= 0.6 is 15.9 Å². The Morgan fingerprint density at radius 3 is 2.52 bits per heavy atom. The Bertz CT molecular complexity index is 702. The maximum absolute atomic E-state index is 12.4. The maximum Gasteiger partial charge on any atom is 0.255 e. The molecule has 0 aromatic heterocycles. The molecule has 0 aliphatic carbocycles. The third-order valence-electron chi connectivity index (χ3n) is 3.97. The van der Waals surface area contributed by atoms with Crippen LogP contribution in [0.1, 0.15) is 17.2 Å². The first-order valence-corrected chi connectivity index (χ1v) is 8.33. The van der Waals surface area contributed by atoms with Crippen molar-refractivity contribution in [1.29, 1.82) is 0 Å². The van der Waals surface area contributed by atoms with Gasteiger partial charge in [0.25, 0.3) is 5.91 Å². The van der Waals surface area contributed by atoms with Crippen LogP contribution in [0.25, 0.3) is 0 Å². The molecule has 0 saturated carbocycles. The van der Waals surface area contributed by atoms with Gasteiger partial charge in [-0.3, -0.25) is 4.79 Å². The lowest BCUT2D eigenvalue weighted by Crippen LogP contribution is -2.59. The molecule has 1 aliphatic heterocycles. The van der Waals surface area contributed by atoms with Gasteiger partial charge < -0.3 is 9.64 Å². The summed E-state index contributed by atoms with van der Waals surface area (Å²) in [5.41, 5.74) is 2.13. The summed E-state index contributed by atoms with van der Waals surface area (Å²) in [6.45, 7) is 4.69. The van der Waals surface area contributed by atoms with Gasteiger partial charge in [0, 0.05) is 11.0 Å². The van der Waals surface area contributed by atoms with Crippen molar-refractivity contribution < 1.29 is 9.53 Å². The van der Waals surface area contributed by atoms with Crippen LogP contribution in [0, 0.1) is 0 Å². The number of ether oxygens (including phenoxy) is 1. The van der Waals surface area contributed by atoms with Gasteiger partial charge in [-0.15, -0.1) is 6.58 Å². The summed E-state index contributed by atoms with van der Waals surface area (Å²) in [6, 6.07) is 17.8. The quantitative estimate of drug-likeness (QED) is 0.564. The van der Waals surface area contributed by atoms with Crippen molar-refractivity contribution in [3.63, 3.8) is 0 Å². The molecule has 2 atom stereocenters. The van der Waals surface area contributed by atoms with Crippen LogP contribution < -0.4 is 0 Å². The number of carbonyl (C=O) groups is 1. The number of rotatable bonds is 6. The SMILES string of the molecule is C=CCN1C(=O)C(OCc2ccccc2)C1c1ccccc1Br. The number of likely N-dealkylation sites (tertiary alicyclic amines) is 1. The highest BCUT2D eigenvalue weighted by molar-refractivity contribution is 9.10. The van der Waals surface area contributed by atoms with Gasteiger partial charge in [0.05, 0.1) is 12.6 Å². The minimum atomic E-state index is -0.450. The molecule has 0 radical (unpaired) electrons. The van der Waals surface area contributed by atoms with E-state index in [2.05, 4.69) is 22.5 Å². The average molecular weight is 372 g/mol. The summed E-state index contributed by atoms with van der Waals surface area (Å²) in [5, 5.41) is 0. The first kappa shape index (κ1) is 16.0. The second-order valence-electron chi connectivity index (χ2n) is 5.46. The molecule has 2 unspecified atom stereocenters. The van der Waals surface area contributed by atoms with Crippen LogP contribution in [0.3, 0.4) is 0 Å². The molecule has 3 rings (SSSR count). The third-order valence-corrected chi connectivity index (χ3v) is 4.69. The van der Waals surface area contributed by atoms with Crippen molar-refractivity contribution in [1.82, 2.24) is 4.90 Å². The summed E-state index contributed by atoms with van der Waals surface area (Å²) in [7, 11) is 0. The second-order valence-corrected chi connectivity index (χ2v) is 6.32. The van der Waals surface area contributed by atoms with E-state index < -0.39 is 6.10 Å². The Morgan fingerprint density at radius 2 is 1.83 bits per heavy atom. The molecular formula is C19H18BrNO2. The van der Waals surface area contributed by atoms with Crippen LogP contribution in [0.2, 0.25) is 0 Å². The normalized spacial score (nSPS) is 20.2. The van der Waals surface area contributed by atoms with Gasteiger partial charge in [-0.05, 0) is 17.2 Å². The summed E-state index contributed by atoms with van der Waals surface area (Å²) in [4.78, 5) is 14.2. The molecule has 2 aromatic carbocycles. The molecule has 1 heterocycles. The standard InChI is InChI=1S/C19H18BrNO2/c1-2-12-21-17(15-10-6-7-11-16(15)20)18(19(21)22)23-13-14-8-4-3-5-9-14/h2-11,17-18H,1,12-13H2. The topological polar surface area (TPSA) is 29.5 Å². The highest BCUT2D eigenvalue weighted by atomic mass is 79.9. The van der Waals surface area contributed by atoms with Crippen LogP contribution in [0.5, 0.6) is 0 Å². The van der Waals surface area contributed by atoms with Crippen molar-refractivity contribution in [3.05, 3.63) is 82.9 Å².